The Labute approximate surface area is 116 Å². The zero-order valence-corrected chi connectivity index (χ0v) is 12.6. The van der Waals surface area contributed by atoms with Crippen molar-refractivity contribution in [2.24, 2.45) is 5.41 Å². The largest absolute Gasteiger partial charge is 0.391 e. The first-order valence-corrected chi connectivity index (χ1v) is 7.18. The van der Waals surface area contributed by atoms with Gasteiger partial charge in [-0.15, -0.1) is 0 Å². The highest BCUT2D eigenvalue weighted by molar-refractivity contribution is 5.10. The van der Waals surface area contributed by atoms with Crippen LogP contribution in [0.3, 0.4) is 0 Å². The van der Waals surface area contributed by atoms with Crippen LogP contribution in [0, 0.1) is 12.3 Å². The number of hydrogen-bond acceptors (Lipinski definition) is 3. The molecule has 1 fully saturated rings. The third-order valence-corrected chi connectivity index (χ3v) is 4.25. The van der Waals surface area contributed by atoms with Crippen LogP contribution in [0.2, 0.25) is 0 Å². The van der Waals surface area contributed by atoms with Crippen molar-refractivity contribution in [1.29, 1.82) is 0 Å². The first-order chi connectivity index (χ1) is 8.87. The average Bonchev–Trinajstić information content (AvgIpc) is 2.32. The minimum atomic E-state index is -0.206. The van der Waals surface area contributed by atoms with E-state index >= 15 is 0 Å². The van der Waals surface area contributed by atoms with Crippen molar-refractivity contribution in [2.45, 2.75) is 58.7 Å². The van der Waals surface area contributed by atoms with Crippen LogP contribution in [-0.4, -0.2) is 34.2 Å². The van der Waals surface area contributed by atoms with Crippen molar-refractivity contribution in [1.82, 2.24) is 9.88 Å². The fraction of sp³-hybridized carbons (Fsp3) is 0.688. The lowest BCUT2D eigenvalue weighted by Crippen LogP contribution is -2.47. The van der Waals surface area contributed by atoms with Gasteiger partial charge >= 0.3 is 0 Å². The van der Waals surface area contributed by atoms with E-state index in [2.05, 4.69) is 36.8 Å². The van der Waals surface area contributed by atoms with Gasteiger partial charge in [0.2, 0.25) is 0 Å². The van der Waals surface area contributed by atoms with Crippen LogP contribution in [0.15, 0.2) is 18.2 Å². The molecule has 0 bridgehead atoms. The summed E-state index contributed by atoms with van der Waals surface area (Å²) in [7, 11) is 2.10. The Morgan fingerprint density at radius 2 is 2.16 bits per heavy atom. The highest BCUT2D eigenvalue weighted by Gasteiger charge is 2.35. The molecule has 106 valence electrons. The maximum atomic E-state index is 10.2. The summed E-state index contributed by atoms with van der Waals surface area (Å²) in [5.74, 6) is 0. The number of aliphatic hydroxyl groups excluding tert-OH is 1. The maximum Gasteiger partial charge on any atom is 0.0695 e. The van der Waals surface area contributed by atoms with Gasteiger partial charge in [0.15, 0.2) is 0 Å². The van der Waals surface area contributed by atoms with Gasteiger partial charge in [-0.05, 0) is 50.8 Å². The van der Waals surface area contributed by atoms with Crippen molar-refractivity contribution in [2.75, 3.05) is 7.05 Å². The second-order valence-corrected chi connectivity index (χ2v) is 6.73. The molecule has 0 aliphatic heterocycles. The van der Waals surface area contributed by atoms with Gasteiger partial charge in [-0.1, -0.05) is 19.9 Å². The fourth-order valence-corrected chi connectivity index (χ4v) is 3.05. The molecule has 1 saturated carbocycles. The van der Waals surface area contributed by atoms with Crippen LogP contribution >= 0.6 is 0 Å². The number of nitrogens with zero attached hydrogens (tertiary/aromatic N) is 2. The standard InChI is InChI=1S/C16H26N2O/c1-12-6-5-7-13(17-12)11-18(4)14-10-16(2,3)9-8-15(14)19/h5-7,14-15,19H,8-11H2,1-4H3. The van der Waals surface area contributed by atoms with Crippen molar-refractivity contribution in [3.8, 4) is 0 Å². The van der Waals surface area contributed by atoms with Crippen molar-refractivity contribution in [3.63, 3.8) is 0 Å². The van der Waals surface area contributed by atoms with E-state index in [1.54, 1.807) is 0 Å². The predicted molar refractivity (Wildman–Crippen MR) is 77.9 cm³/mol. The number of hydrogen-bond donors (Lipinski definition) is 1. The molecular weight excluding hydrogens is 236 g/mol. The molecule has 1 aliphatic carbocycles. The van der Waals surface area contributed by atoms with Crippen LogP contribution < -0.4 is 0 Å². The van der Waals surface area contributed by atoms with Crippen molar-refractivity contribution in [3.05, 3.63) is 29.6 Å². The van der Waals surface area contributed by atoms with E-state index in [0.717, 1.165) is 37.2 Å². The minimum absolute atomic E-state index is 0.206. The van der Waals surface area contributed by atoms with E-state index in [-0.39, 0.29) is 12.1 Å². The summed E-state index contributed by atoms with van der Waals surface area (Å²) < 4.78 is 0. The molecule has 0 spiro atoms. The molecule has 2 atom stereocenters. The summed E-state index contributed by atoms with van der Waals surface area (Å²) in [6.45, 7) is 7.41. The van der Waals surface area contributed by atoms with E-state index in [0.29, 0.717) is 5.41 Å². The summed E-state index contributed by atoms with van der Waals surface area (Å²) in [6.07, 6.45) is 2.86. The predicted octanol–water partition coefficient (Wildman–Crippen LogP) is 2.76. The van der Waals surface area contributed by atoms with E-state index in [9.17, 15) is 5.11 Å². The number of aryl methyl sites for hydroxylation is 1. The van der Waals surface area contributed by atoms with Crippen molar-refractivity contribution >= 4 is 0 Å². The van der Waals surface area contributed by atoms with E-state index < -0.39 is 0 Å². The molecule has 0 aromatic carbocycles. The summed E-state index contributed by atoms with van der Waals surface area (Å²) in [5.41, 5.74) is 2.46. The van der Waals surface area contributed by atoms with E-state index in [4.69, 9.17) is 0 Å². The Morgan fingerprint density at radius 1 is 1.42 bits per heavy atom. The van der Waals surface area contributed by atoms with Gasteiger partial charge in [0, 0.05) is 18.3 Å². The highest BCUT2D eigenvalue weighted by atomic mass is 16.3. The van der Waals surface area contributed by atoms with Crippen LogP contribution in [-0.2, 0) is 6.54 Å². The lowest BCUT2D eigenvalue weighted by Gasteiger charge is -2.42. The number of pyridine rings is 1. The Morgan fingerprint density at radius 3 is 2.84 bits per heavy atom. The fourth-order valence-electron chi connectivity index (χ4n) is 3.05. The average molecular weight is 262 g/mol. The zero-order valence-electron chi connectivity index (χ0n) is 12.6. The zero-order chi connectivity index (χ0) is 14.0. The maximum absolute atomic E-state index is 10.2. The minimum Gasteiger partial charge on any atom is -0.391 e. The lowest BCUT2D eigenvalue weighted by atomic mass is 9.73. The van der Waals surface area contributed by atoms with Crippen LogP contribution in [0.1, 0.15) is 44.5 Å². The quantitative estimate of drug-likeness (QED) is 0.910. The van der Waals surface area contributed by atoms with Gasteiger partial charge in [0.05, 0.1) is 11.8 Å². The molecule has 2 rings (SSSR count). The third-order valence-electron chi connectivity index (χ3n) is 4.25. The normalized spacial score (nSPS) is 26.6. The van der Waals surface area contributed by atoms with Gasteiger partial charge < -0.3 is 5.11 Å². The molecule has 0 amide bonds. The summed E-state index contributed by atoms with van der Waals surface area (Å²) >= 11 is 0. The molecule has 3 heteroatoms. The number of aliphatic hydroxyl groups is 1. The third kappa shape index (κ3) is 3.77. The van der Waals surface area contributed by atoms with Crippen LogP contribution in [0.4, 0.5) is 0 Å². The molecular formula is C16H26N2O. The number of likely N-dealkylation sites (N-methyl/N-ethyl adjacent to an activating group) is 1. The molecule has 1 N–H and O–H groups in total. The van der Waals surface area contributed by atoms with Crippen LogP contribution in [0.5, 0.6) is 0 Å². The molecule has 1 aromatic heterocycles. The Kier molecular flexibility index (Phi) is 4.26. The monoisotopic (exact) mass is 262 g/mol. The summed E-state index contributed by atoms with van der Waals surface area (Å²) in [4.78, 5) is 6.80. The molecule has 19 heavy (non-hydrogen) atoms. The van der Waals surface area contributed by atoms with Gasteiger partial charge in [-0.25, -0.2) is 0 Å². The second kappa shape index (κ2) is 5.59. The van der Waals surface area contributed by atoms with Crippen molar-refractivity contribution < 1.29 is 5.11 Å². The van der Waals surface area contributed by atoms with E-state index in [1.807, 2.05) is 19.1 Å². The molecule has 1 aliphatic rings. The molecule has 3 nitrogen and oxygen atoms in total. The molecule has 0 saturated heterocycles. The topological polar surface area (TPSA) is 36.4 Å². The van der Waals surface area contributed by atoms with Gasteiger partial charge in [0.25, 0.3) is 0 Å². The smallest absolute Gasteiger partial charge is 0.0695 e. The molecule has 1 aromatic rings. The first kappa shape index (κ1) is 14.5. The number of rotatable bonds is 3. The summed E-state index contributed by atoms with van der Waals surface area (Å²) in [5, 5.41) is 10.2. The van der Waals surface area contributed by atoms with Crippen LogP contribution in [0.25, 0.3) is 0 Å². The summed E-state index contributed by atoms with van der Waals surface area (Å²) in [6, 6.07) is 6.37. The Bertz CT molecular complexity index is 431. The SMILES string of the molecule is Cc1cccc(CN(C)C2CC(C)(C)CCC2O)n1. The number of aromatic nitrogens is 1. The Balaban J connectivity index is 2.04. The van der Waals surface area contributed by atoms with Gasteiger partial charge in [0.1, 0.15) is 0 Å². The molecule has 1 heterocycles. The molecule has 0 radical (unpaired) electrons. The Hall–Kier alpha value is -0.930. The van der Waals surface area contributed by atoms with E-state index in [1.165, 1.54) is 0 Å². The second-order valence-electron chi connectivity index (χ2n) is 6.73. The lowest BCUT2D eigenvalue weighted by molar-refractivity contribution is -0.0105. The highest BCUT2D eigenvalue weighted by Crippen LogP contribution is 2.37. The van der Waals surface area contributed by atoms with Gasteiger partial charge in [-0.2, -0.15) is 0 Å². The van der Waals surface area contributed by atoms with Gasteiger partial charge in [-0.3, -0.25) is 9.88 Å². The first-order valence-electron chi connectivity index (χ1n) is 7.18. The molecule has 2 unspecified atom stereocenters.